The highest BCUT2D eigenvalue weighted by Gasteiger charge is 2.16. The van der Waals surface area contributed by atoms with E-state index in [4.69, 9.17) is 0 Å². The molecule has 0 saturated heterocycles. The minimum atomic E-state index is -0.626. The third-order valence-electron chi connectivity index (χ3n) is 1.81. The Morgan fingerprint density at radius 1 is 1.59 bits per heavy atom. The molecule has 1 atom stereocenters. The van der Waals surface area contributed by atoms with Gasteiger partial charge in [-0.2, -0.15) is 5.10 Å². The molecule has 8 heteroatoms. The average Bonchev–Trinajstić information content (AvgIpc) is 2.35. The Balaban J connectivity index is 2.53. The number of H-pyrrole nitrogens is 1. The maximum Gasteiger partial charge on any atom is 0.321 e. The van der Waals surface area contributed by atoms with Gasteiger partial charge in [-0.3, -0.25) is 14.4 Å². The average molecular weight is 304 g/mol. The first-order valence-electron chi connectivity index (χ1n) is 4.60. The first kappa shape index (κ1) is 13.4. The standard InChI is InChI=1S/C9H10BrN3O4/c1-17-9(16)5(10)4-11-8(15)6-2-3-7(14)13-12-6/h2-3,5H,4H2,1H3,(H,11,15)(H,13,14). The van der Waals surface area contributed by atoms with Crippen LogP contribution < -0.4 is 10.9 Å². The number of aromatic amines is 1. The Morgan fingerprint density at radius 3 is 2.82 bits per heavy atom. The maximum atomic E-state index is 11.5. The molecule has 1 heterocycles. The molecule has 1 aromatic rings. The fourth-order valence-corrected chi connectivity index (χ4v) is 1.30. The van der Waals surface area contributed by atoms with Gasteiger partial charge in [0.1, 0.15) is 10.5 Å². The van der Waals surface area contributed by atoms with Crippen molar-refractivity contribution in [1.82, 2.24) is 15.5 Å². The number of alkyl halides is 1. The summed E-state index contributed by atoms with van der Waals surface area (Å²) >= 11 is 3.05. The molecule has 0 aliphatic rings. The Kier molecular flexibility index (Phi) is 4.83. The predicted octanol–water partition coefficient (Wildman–Crippen LogP) is -0.564. The second-order valence-corrected chi connectivity index (χ2v) is 4.11. The summed E-state index contributed by atoms with van der Waals surface area (Å²) in [6.07, 6.45) is 0. The van der Waals surface area contributed by atoms with E-state index in [0.717, 1.165) is 0 Å². The number of ether oxygens (including phenoxy) is 1. The van der Waals surface area contributed by atoms with Crippen LogP contribution in [0.15, 0.2) is 16.9 Å². The lowest BCUT2D eigenvalue weighted by molar-refractivity contribution is -0.139. The van der Waals surface area contributed by atoms with E-state index in [2.05, 4.69) is 36.2 Å². The Morgan fingerprint density at radius 2 is 2.29 bits per heavy atom. The number of aromatic nitrogens is 2. The lowest BCUT2D eigenvalue weighted by atomic mass is 10.3. The van der Waals surface area contributed by atoms with Gasteiger partial charge in [0.15, 0.2) is 0 Å². The van der Waals surface area contributed by atoms with E-state index in [9.17, 15) is 14.4 Å². The van der Waals surface area contributed by atoms with E-state index in [0.29, 0.717) is 0 Å². The molecule has 0 aliphatic carbocycles. The SMILES string of the molecule is COC(=O)C(Br)CNC(=O)c1ccc(=O)[nH]n1. The number of nitrogens with one attached hydrogen (secondary N) is 2. The Hall–Kier alpha value is -1.70. The molecule has 1 unspecified atom stereocenters. The lowest BCUT2D eigenvalue weighted by Gasteiger charge is -2.08. The zero-order chi connectivity index (χ0) is 12.8. The van der Waals surface area contributed by atoms with E-state index in [1.54, 1.807) is 0 Å². The van der Waals surface area contributed by atoms with Gasteiger partial charge >= 0.3 is 5.97 Å². The molecule has 0 aromatic carbocycles. The monoisotopic (exact) mass is 303 g/mol. The van der Waals surface area contributed by atoms with E-state index in [1.807, 2.05) is 0 Å². The smallest absolute Gasteiger partial charge is 0.321 e. The second-order valence-electron chi connectivity index (χ2n) is 3.01. The van der Waals surface area contributed by atoms with Crippen LogP contribution in [-0.4, -0.2) is 40.6 Å². The highest BCUT2D eigenvalue weighted by atomic mass is 79.9. The van der Waals surface area contributed by atoms with Gasteiger partial charge in [0.2, 0.25) is 0 Å². The number of carbonyl (C=O) groups is 2. The van der Waals surface area contributed by atoms with Gasteiger partial charge in [0, 0.05) is 12.6 Å². The fourth-order valence-electron chi connectivity index (χ4n) is 0.955. The summed E-state index contributed by atoms with van der Waals surface area (Å²) in [6.45, 7) is 0.0618. The molecule has 1 aromatic heterocycles. The lowest BCUT2D eigenvalue weighted by Crippen LogP contribution is -2.34. The molecule has 0 spiro atoms. The summed E-state index contributed by atoms with van der Waals surface area (Å²) in [6, 6.07) is 2.48. The van der Waals surface area contributed by atoms with E-state index >= 15 is 0 Å². The van der Waals surface area contributed by atoms with Crippen molar-refractivity contribution in [1.29, 1.82) is 0 Å². The van der Waals surface area contributed by atoms with Crippen LogP contribution in [0.25, 0.3) is 0 Å². The molecular weight excluding hydrogens is 294 g/mol. The molecule has 0 aliphatic heterocycles. The van der Waals surface area contributed by atoms with Gasteiger partial charge in [0.05, 0.1) is 7.11 Å². The third-order valence-corrected chi connectivity index (χ3v) is 2.51. The zero-order valence-corrected chi connectivity index (χ0v) is 10.5. The number of hydrogen-bond donors (Lipinski definition) is 2. The van der Waals surface area contributed by atoms with Crippen LogP contribution in [0.5, 0.6) is 0 Å². The largest absolute Gasteiger partial charge is 0.468 e. The third kappa shape index (κ3) is 3.99. The predicted molar refractivity (Wildman–Crippen MR) is 61.9 cm³/mol. The first-order chi connectivity index (χ1) is 8.04. The van der Waals surface area contributed by atoms with Crippen molar-refractivity contribution < 1.29 is 14.3 Å². The van der Waals surface area contributed by atoms with Crippen LogP contribution in [0.2, 0.25) is 0 Å². The van der Waals surface area contributed by atoms with Gasteiger partial charge in [-0.05, 0) is 6.07 Å². The fraction of sp³-hybridized carbons (Fsp3) is 0.333. The van der Waals surface area contributed by atoms with E-state index in [1.165, 1.54) is 19.2 Å². The number of nitrogens with zero attached hydrogens (tertiary/aromatic N) is 1. The van der Waals surface area contributed by atoms with Crippen molar-refractivity contribution in [3.63, 3.8) is 0 Å². The number of hydrogen-bond acceptors (Lipinski definition) is 5. The topological polar surface area (TPSA) is 101 Å². The highest BCUT2D eigenvalue weighted by molar-refractivity contribution is 9.10. The second kappa shape index (κ2) is 6.14. The number of halogens is 1. The number of carbonyl (C=O) groups excluding carboxylic acids is 2. The van der Waals surface area contributed by atoms with Gasteiger partial charge in [0.25, 0.3) is 11.5 Å². The van der Waals surface area contributed by atoms with Crippen molar-refractivity contribution in [3.8, 4) is 0 Å². The van der Waals surface area contributed by atoms with Gasteiger partial charge in [-0.1, -0.05) is 15.9 Å². The molecule has 1 rings (SSSR count). The molecular formula is C9H10BrN3O4. The molecule has 0 fully saturated rings. The van der Waals surface area contributed by atoms with Gasteiger partial charge < -0.3 is 10.1 Å². The molecule has 0 bridgehead atoms. The quantitative estimate of drug-likeness (QED) is 0.573. The summed E-state index contributed by atoms with van der Waals surface area (Å²) in [5.41, 5.74) is -0.330. The van der Waals surface area contributed by atoms with Crippen LogP contribution in [0.1, 0.15) is 10.5 Å². The summed E-state index contributed by atoms with van der Waals surface area (Å²) in [5, 5.41) is 8.13. The molecule has 0 saturated carbocycles. The summed E-state index contributed by atoms with van der Waals surface area (Å²) in [5.74, 6) is -0.977. The van der Waals surface area contributed by atoms with Gasteiger partial charge in [-0.15, -0.1) is 0 Å². The van der Waals surface area contributed by atoms with Crippen LogP contribution in [-0.2, 0) is 9.53 Å². The van der Waals surface area contributed by atoms with Crippen molar-refractivity contribution in [2.75, 3.05) is 13.7 Å². The molecule has 92 valence electrons. The van der Waals surface area contributed by atoms with Crippen molar-refractivity contribution >= 4 is 27.8 Å². The summed E-state index contributed by atoms with van der Waals surface area (Å²) in [7, 11) is 1.25. The Bertz CT molecular complexity index is 453. The molecule has 0 radical (unpaired) electrons. The minimum Gasteiger partial charge on any atom is -0.468 e. The minimum absolute atomic E-state index is 0.0618. The van der Waals surface area contributed by atoms with Crippen LogP contribution in [0, 0.1) is 0 Å². The van der Waals surface area contributed by atoms with Crippen molar-refractivity contribution in [2.45, 2.75) is 4.83 Å². The number of rotatable bonds is 4. The first-order valence-corrected chi connectivity index (χ1v) is 5.52. The summed E-state index contributed by atoms with van der Waals surface area (Å²) < 4.78 is 4.47. The summed E-state index contributed by atoms with van der Waals surface area (Å²) in [4.78, 5) is 32.6. The van der Waals surface area contributed by atoms with E-state index < -0.39 is 22.3 Å². The molecule has 7 nitrogen and oxygen atoms in total. The van der Waals surface area contributed by atoms with Crippen molar-refractivity contribution in [2.24, 2.45) is 0 Å². The zero-order valence-electron chi connectivity index (χ0n) is 8.90. The Labute approximate surface area is 105 Å². The van der Waals surface area contributed by atoms with Crippen LogP contribution >= 0.6 is 15.9 Å². The van der Waals surface area contributed by atoms with Crippen LogP contribution in [0.4, 0.5) is 0 Å². The molecule has 1 amide bonds. The molecule has 17 heavy (non-hydrogen) atoms. The molecule has 2 N–H and O–H groups in total. The number of esters is 1. The van der Waals surface area contributed by atoms with Crippen LogP contribution in [0.3, 0.4) is 0 Å². The maximum absolute atomic E-state index is 11.5. The number of amides is 1. The van der Waals surface area contributed by atoms with E-state index in [-0.39, 0.29) is 12.2 Å². The van der Waals surface area contributed by atoms with Crippen molar-refractivity contribution in [3.05, 3.63) is 28.2 Å². The highest BCUT2D eigenvalue weighted by Crippen LogP contribution is 2.00. The number of methoxy groups -OCH3 is 1. The van der Waals surface area contributed by atoms with Gasteiger partial charge in [-0.25, -0.2) is 5.10 Å². The normalized spacial score (nSPS) is 11.6.